The molecule has 0 aromatic carbocycles. The predicted molar refractivity (Wildman–Crippen MR) is 85.1 cm³/mol. The van der Waals surface area contributed by atoms with Crippen molar-refractivity contribution in [3.63, 3.8) is 0 Å². The fourth-order valence-corrected chi connectivity index (χ4v) is 7.33. The summed E-state index contributed by atoms with van der Waals surface area (Å²) in [4.78, 5) is 0. The SMILES string of the molecule is C[C@]12CC[C@H](O)C[C@H]1CC[C@@H]1[C@@H]2[C@@H](O)C[C@]2(C)[C@@H](O)CC[C@@H]12. The number of rotatable bonds is 0. The van der Waals surface area contributed by atoms with Gasteiger partial charge < -0.3 is 15.3 Å². The maximum atomic E-state index is 11.0. The maximum Gasteiger partial charge on any atom is 0.0597 e. The van der Waals surface area contributed by atoms with E-state index in [9.17, 15) is 15.3 Å². The Hall–Kier alpha value is -0.120. The lowest BCUT2D eigenvalue weighted by atomic mass is 9.44. The zero-order valence-corrected chi connectivity index (χ0v) is 14.0. The van der Waals surface area contributed by atoms with Crippen LogP contribution in [0.25, 0.3) is 0 Å². The fourth-order valence-electron chi connectivity index (χ4n) is 7.33. The molecule has 4 aliphatic carbocycles. The molecule has 0 spiro atoms. The van der Waals surface area contributed by atoms with Crippen LogP contribution in [0, 0.1) is 34.5 Å². The Morgan fingerprint density at radius 2 is 1.64 bits per heavy atom. The molecule has 3 nitrogen and oxygen atoms in total. The number of hydrogen-bond donors (Lipinski definition) is 3. The van der Waals surface area contributed by atoms with Crippen LogP contribution in [0.1, 0.15) is 65.2 Å². The van der Waals surface area contributed by atoms with Crippen molar-refractivity contribution in [2.24, 2.45) is 34.5 Å². The van der Waals surface area contributed by atoms with Crippen LogP contribution in [0.2, 0.25) is 0 Å². The summed E-state index contributed by atoms with van der Waals surface area (Å²) in [6, 6.07) is 0. The normalized spacial score (nSPS) is 61.2. The average molecular weight is 308 g/mol. The molecule has 0 radical (unpaired) electrons. The van der Waals surface area contributed by atoms with Crippen molar-refractivity contribution in [2.75, 3.05) is 0 Å². The Morgan fingerprint density at radius 1 is 0.864 bits per heavy atom. The van der Waals surface area contributed by atoms with Crippen LogP contribution in [0.5, 0.6) is 0 Å². The van der Waals surface area contributed by atoms with E-state index in [2.05, 4.69) is 13.8 Å². The van der Waals surface area contributed by atoms with Gasteiger partial charge in [-0.2, -0.15) is 0 Å². The molecule has 0 saturated heterocycles. The summed E-state index contributed by atoms with van der Waals surface area (Å²) in [6.45, 7) is 4.60. The molecule has 9 atom stereocenters. The van der Waals surface area contributed by atoms with Crippen molar-refractivity contribution in [3.8, 4) is 0 Å². The molecular weight excluding hydrogens is 276 g/mol. The second-order valence-electron chi connectivity index (χ2n) is 9.37. The lowest BCUT2D eigenvalue weighted by Crippen LogP contribution is -2.59. The van der Waals surface area contributed by atoms with Crippen molar-refractivity contribution in [2.45, 2.75) is 83.5 Å². The Labute approximate surface area is 134 Å². The number of fused-ring (bicyclic) bond motifs is 5. The van der Waals surface area contributed by atoms with Crippen molar-refractivity contribution < 1.29 is 15.3 Å². The Bertz CT molecular complexity index is 452. The summed E-state index contributed by atoms with van der Waals surface area (Å²) >= 11 is 0. The first kappa shape index (κ1) is 15.4. The van der Waals surface area contributed by atoms with Crippen molar-refractivity contribution in [1.29, 1.82) is 0 Å². The third-order valence-electron chi connectivity index (χ3n) is 8.52. The van der Waals surface area contributed by atoms with Crippen molar-refractivity contribution in [1.82, 2.24) is 0 Å². The third kappa shape index (κ3) is 1.91. The highest BCUT2D eigenvalue weighted by Crippen LogP contribution is 2.66. The molecule has 4 aliphatic rings. The molecule has 0 heterocycles. The van der Waals surface area contributed by atoms with Gasteiger partial charge in [-0.15, -0.1) is 0 Å². The summed E-state index contributed by atoms with van der Waals surface area (Å²) in [5.41, 5.74) is 0.119. The van der Waals surface area contributed by atoms with E-state index < -0.39 is 0 Å². The van der Waals surface area contributed by atoms with Gasteiger partial charge in [-0.1, -0.05) is 13.8 Å². The van der Waals surface area contributed by atoms with Crippen molar-refractivity contribution >= 4 is 0 Å². The maximum absolute atomic E-state index is 11.0. The zero-order chi connectivity index (χ0) is 15.7. The minimum Gasteiger partial charge on any atom is -0.393 e. The van der Waals surface area contributed by atoms with Gasteiger partial charge in [0.15, 0.2) is 0 Å². The third-order valence-corrected chi connectivity index (χ3v) is 8.52. The summed E-state index contributed by atoms with van der Waals surface area (Å²) in [6.07, 6.45) is 7.44. The Kier molecular flexibility index (Phi) is 3.46. The van der Waals surface area contributed by atoms with Crippen LogP contribution in [0.3, 0.4) is 0 Å². The largest absolute Gasteiger partial charge is 0.393 e. The lowest BCUT2D eigenvalue weighted by molar-refractivity contribution is -0.183. The van der Waals surface area contributed by atoms with E-state index in [0.29, 0.717) is 23.7 Å². The molecule has 4 fully saturated rings. The molecule has 0 unspecified atom stereocenters. The summed E-state index contributed by atoms with van der Waals surface area (Å²) in [7, 11) is 0. The summed E-state index contributed by atoms with van der Waals surface area (Å²) in [5.74, 6) is 2.10. The number of hydrogen-bond acceptors (Lipinski definition) is 3. The minimum absolute atomic E-state index is 0.0715. The predicted octanol–water partition coefficient (Wildman–Crippen LogP) is 2.72. The van der Waals surface area contributed by atoms with Crippen LogP contribution in [-0.4, -0.2) is 33.6 Å². The average Bonchev–Trinajstić information content (AvgIpc) is 2.75. The highest BCUT2D eigenvalue weighted by Gasteiger charge is 2.62. The summed E-state index contributed by atoms with van der Waals surface area (Å²) < 4.78 is 0. The smallest absolute Gasteiger partial charge is 0.0597 e. The van der Waals surface area contributed by atoms with E-state index in [4.69, 9.17) is 0 Å². The Balaban J connectivity index is 1.68. The Morgan fingerprint density at radius 3 is 2.41 bits per heavy atom. The fraction of sp³-hybridized carbons (Fsp3) is 1.00. The monoisotopic (exact) mass is 308 g/mol. The van der Waals surface area contributed by atoms with Crippen LogP contribution >= 0.6 is 0 Å². The zero-order valence-electron chi connectivity index (χ0n) is 14.0. The van der Waals surface area contributed by atoms with Gasteiger partial charge in [0.05, 0.1) is 18.3 Å². The molecule has 126 valence electrons. The molecule has 3 N–H and O–H groups in total. The van der Waals surface area contributed by atoms with Gasteiger partial charge >= 0.3 is 0 Å². The molecule has 0 bridgehead atoms. The molecule has 22 heavy (non-hydrogen) atoms. The lowest BCUT2D eigenvalue weighted by Gasteiger charge is -2.62. The van der Waals surface area contributed by atoms with Crippen LogP contribution in [0.4, 0.5) is 0 Å². The van der Waals surface area contributed by atoms with E-state index in [-0.39, 0.29) is 29.1 Å². The molecule has 0 aliphatic heterocycles. The van der Waals surface area contributed by atoms with Crippen LogP contribution in [0.15, 0.2) is 0 Å². The van der Waals surface area contributed by atoms with Gasteiger partial charge in [-0.05, 0) is 85.9 Å². The molecular formula is C19H32O3. The van der Waals surface area contributed by atoms with E-state index in [1.807, 2.05) is 0 Å². The highest BCUT2D eigenvalue weighted by atomic mass is 16.3. The van der Waals surface area contributed by atoms with Gasteiger partial charge in [0, 0.05) is 0 Å². The van der Waals surface area contributed by atoms with E-state index in [0.717, 1.165) is 38.5 Å². The van der Waals surface area contributed by atoms with Crippen molar-refractivity contribution in [3.05, 3.63) is 0 Å². The molecule has 0 aromatic heterocycles. The first-order chi connectivity index (χ1) is 10.4. The number of aliphatic hydroxyl groups is 3. The first-order valence-electron chi connectivity index (χ1n) is 9.40. The molecule has 0 amide bonds. The van der Waals surface area contributed by atoms with Gasteiger partial charge in [0.1, 0.15) is 0 Å². The molecule has 4 rings (SSSR count). The van der Waals surface area contributed by atoms with Gasteiger partial charge in [-0.25, -0.2) is 0 Å². The van der Waals surface area contributed by atoms with Crippen LogP contribution in [-0.2, 0) is 0 Å². The van der Waals surface area contributed by atoms with Crippen LogP contribution < -0.4 is 0 Å². The van der Waals surface area contributed by atoms with Gasteiger partial charge in [0.2, 0.25) is 0 Å². The standard InChI is InChI=1S/C19H32O3/c1-18-8-7-12(20)9-11(18)3-4-13-14-5-6-16(22)19(14,2)10-15(21)17(13)18/h11-17,20-22H,3-10H2,1-2H3/t11-,12+,13+,14+,15+,16+,17-,18+,19+/m1/s1. The highest BCUT2D eigenvalue weighted by molar-refractivity contribution is 5.12. The number of aliphatic hydroxyl groups excluding tert-OH is 3. The molecule has 0 aromatic rings. The van der Waals surface area contributed by atoms with Gasteiger partial charge in [0.25, 0.3) is 0 Å². The van der Waals surface area contributed by atoms with E-state index >= 15 is 0 Å². The minimum atomic E-state index is -0.276. The van der Waals surface area contributed by atoms with Gasteiger partial charge in [-0.3, -0.25) is 0 Å². The molecule has 4 saturated carbocycles. The second-order valence-corrected chi connectivity index (χ2v) is 9.37. The first-order valence-corrected chi connectivity index (χ1v) is 9.40. The quantitative estimate of drug-likeness (QED) is 0.645. The van der Waals surface area contributed by atoms with E-state index in [1.165, 1.54) is 12.8 Å². The second kappa shape index (κ2) is 4.94. The topological polar surface area (TPSA) is 60.7 Å². The summed E-state index contributed by atoms with van der Waals surface area (Å²) in [5, 5.41) is 31.6. The van der Waals surface area contributed by atoms with E-state index in [1.54, 1.807) is 0 Å². The molecule has 3 heteroatoms.